The Balaban J connectivity index is 1.56. The van der Waals surface area contributed by atoms with Gasteiger partial charge in [-0.3, -0.25) is 9.48 Å². The van der Waals surface area contributed by atoms with Crippen molar-refractivity contribution in [1.29, 1.82) is 0 Å². The van der Waals surface area contributed by atoms with Gasteiger partial charge in [-0.2, -0.15) is 5.10 Å². The number of aromatic nitrogens is 2. The van der Waals surface area contributed by atoms with Crippen molar-refractivity contribution >= 4 is 5.91 Å². The Hall–Kier alpha value is -2.21. The first-order valence-electron chi connectivity index (χ1n) is 10.5. The Bertz CT molecular complexity index is 873. The molecular formula is C23H30FN3O2. The summed E-state index contributed by atoms with van der Waals surface area (Å²) in [4.78, 5) is 13.2. The number of nitrogens with one attached hydrogen (secondary N) is 1. The molecule has 2 fully saturated rings. The minimum Gasteiger partial charge on any atom is -0.381 e. The zero-order chi connectivity index (χ0) is 20.6. The normalized spacial score (nSPS) is 19.2. The Labute approximate surface area is 171 Å². The van der Waals surface area contributed by atoms with Crippen LogP contribution in [0.4, 0.5) is 4.39 Å². The van der Waals surface area contributed by atoms with E-state index in [1.807, 2.05) is 22.9 Å². The number of carbonyl (C=O) groups excluding carboxylic acids is 1. The molecule has 5 nitrogen and oxygen atoms in total. The molecule has 2 aromatic rings. The van der Waals surface area contributed by atoms with E-state index < -0.39 is 0 Å². The Morgan fingerprint density at radius 1 is 1.24 bits per heavy atom. The van der Waals surface area contributed by atoms with Crippen molar-refractivity contribution in [2.24, 2.45) is 0 Å². The fourth-order valence-electron chi connectivity index (χ4n) is 4.12. The molecule has 1 amide bonds. The second-order valence-electron chi connectivity index (χ2n) is 9.39. The van der Waals surface area contributed by atoms with E-state index in [0.29, 0.717) is 31.4 Å². The highest BCUT2D eigenvalue weighted by molar-refractivity contribution is 5.93. The highest BCUT2D eigenvalue weighted by atomic mass is 19.1. The van der Waals surface area contributed by atoms with Crippen LogP contribution in [-0.4, -0.2) is 35.4 Å². The van der Waals surface area contributed by atoms with Crippen molar-refractivity contribution in [3.8, 4) is 0 Å². The third-order valence-corrected chi connectivity index (χ3v) is 6.09. The number of hydrogen-bond acceptors (Lipinski definition) is 3. The molecule has 1 N–H and O–H groups in total. The van der Waals surface area contributed by atoms with Gasteiger partial charge in [0.1, 0.15) is 11.5 Å². The fourth-order valence-corrected chi connectivity index (χ4v) is 4.12. The number of ether oxygens (including phenoxy) is 1. The number of hydrogen-bond donors (Lipinski definition) is 1. The number of nitrogens with zero attached hydrogens (tertiary/aromatic N) is 2. The predicted molar refractivity (Wildman–Crippen MR) is 110 cm³/mol. The summed E-state index contributed by atoms with van der Waals surface area (Å²) < 4.78 is 20.9. The smallest absolute Gasteiger partial charge is 0.269 e. The molecule has 156 valence electrons. The van der Waals surface area contributed by atoms with Crippen LogP contribution in [-0.2, 0) is 15.7 Å². The van der Waals surface area contributed by atoms with Crippen LogP contribution in [0.25, 0.3) is 0 Å². The summed E-state index contributed by atoms with van der Waals surface area (Å²) in [6.07, 6.45) is 3.89. The molecule has 1 aliphatic heterocycles. The van der Waals surface area contributed by atoms with E-state index in [9.17, 15) is 9.18 Å². The quantitative estimate of drug-likeness (QED) is 0.822. The van der Waals surface area contributed by atoms with E-state index in [4.69, 9.17) is 9.84 Å². The molecule has 29 heavy (non-hydrogen) atoms. The monoisotopic (exact) mass is 399 g/mol. The van der Waals surface area contributed by atoms with Crippen LogP contribution < -0.4 is 5.32 Å². The number of carbonyl (C=O) groups is 1. The van der Waals surface area contributed by atoms with Gasteiger partial charge in [-0.1, -0.05) is 12.1 Å². The van der Waals surface area contributed by atoms with Crippen LogP contribution in [0.5, 0.6) is 0 Å². The molecule has 4 rings (SSSR count). The van der Waals surface area contributed by atoms with Crippen molar-refractivity contribution < 1.29 is 13.9 Å². The summed E-state index contributed by atoms with van der Waals surface area (Å²) in [5.74, 6) is 0.139. The topological polar surface area (TPSA) is 56.2 Å². The first-order chi connectivity index (χ1) is 13.8. The molecule has 0 spiro atoms. The number of benzene rings is 1. The summed E-state index contributed by atoms with van der Waals surface area (Å²) in [6.45, 7) is 7.96. The molecule has 0 radical (unpaired) electrons. The lowest BCUT2D eigenvalue weighted by atomic mass is 9.74. The third kappa shape index (κ3) is 4.22. The van der Waals surface area contributed by atoms with Crippen LogP contribution in [0.1, 0.15) is 74.1 Å². The van der Waals surface area contributed by atoms with Gasteiger partial charge >= 0.3 is 0 Å². The van der Waals surface area contributed by atoms with Gasteiger partial charge in [-0.15, -0.1) is 0 Å². The van der Waals surface area contributed by atoms with Crippen molar-refractivity contribution in [1.82, 2.24) is 15.1 Å². The van der Waals surface area contributed by atoms with Crippen LogP contribution >= 0.6 is 0 Å². The summed E-state index contributed by atoms with van der Waals surface area (Å²) in [6, 6.07) is 8.59. The minimum absolute atomic E-state index is 0.104. The van der Waals surface area contributed by atoms with E-state index >= 15 is 0 Å². The minimum atomic E-state index is -0.271. The Morgan fingerprint density at radius 3 is 2.48 bits per heavy atom. The average molecular weight is 400 g/mol. The highest BCUT2D eigenvalue weighted by Gasteiger charge is 2.36. The molecule has 0 atom stereocenters. The van der Waals surface area contributed by atoms with Gasteiger partial charge in [0, 0.05) is 31.1 Å². The zero-order valence-corrected chi connectivity index (χ0v) is 17.5. The largest absolute Gasteiger partial charge is 0.381 e. The van der Waals surface area contributed by atoms with E-state index in [1.165, 1.54) is 12.1 Å². The molecule has 1 aromatic heterocycles. The lowest BCUT2D eigenvalue weighted by Crippen LogP contribution is -2.45. The first-order valence-corrected chi connectivity index (χ1v) is 10.5. The Morgan fingerprint density at radius 2 is 1.90 bits per heavy atom. The number of halogens is 1. The summed E-state index contributed by atoms with van der Waals surface area (Å²) in [7, 11) is 0. The molecule has 2 aliphatic rings. The molecule has 1 aliphatic carbocycles. The molecule has 1 aromatic carbocycles. The SMILES string of the molecule is CC(C)(C)n1nc(C2CC2)cc1C(=O)NCC1(c2ccc(F)cc2)CCOCC1. The second kappa shape index (κ2) is 7.56. The molecule has 6 heteroatoms. The number of amides is 1. The van der Waals surface area contributed by atoms with Gasteiger partial charge in [0.15, 0.2) is 0 Å². The maximum absolute atomic E-state index is 13.4. The van der Waals surface area contributed by atoms with Gasteiger partial charge in [-0.25, -0.2) is 4.39 Å². The van der Waals surface area contributed by atoms with E-state index in [1.54, 1.807) is 0 Å². The predicted octanol–water partition coefficient (Wildman–Crippen LogP) is 4.13. The number of rotatable bonds is 5. The molecular weight excluding hydrogens is 369 g/mol. The van der Waals surface area contributed by atoms with Crippen LogP contribution in [0.3, 0.4) is 0 Å². The van der Waals surface area contributed by atoms with Crippen molar-refractivity contribution in [3.63, 3.8) is 0 Å². The zero-order valence-electron chi connectivity index (χ0n) is 17.5. The van der Waals surface area contributed by atoms with E-state index in [-0.39, 0.29) is 22.7 Å². The van der Waals surface area contributed by atoms with Gasteiger partial charge in [0.25, 0.3) is 5.91 Å². The average Bonchev–Trinajstić information content (AvgIpc) is 3.44. The maximum Gasteiger partial charge on any atom is 0.269 e. The second-order valence-corrected chi connectivity index (χ2v) is 9.39. The summed E-state index contributed by atoms with van der Waals surface area (Å²) in [5.41, 5.74) is 2.16. The van der Waals surface area contributed by atoms with Crippen LogP contribution in [0.2, 0.25) is 0 Å². The maximum atomic E-state index is 13.4. The van der Waals surface area contributed by atoms with Gasteiger partial charge < -0.3 is 10.1 Å². The molecule has 1 saturated carbocycles. The first kappa shape index (κ1) is 20.1. The molecule has 0 unspecified atom stereocenters. The van der Waals surface area contributed by atoms with E-state index in [2.05, 4.69) is 26.1 Å². The lowest BCUT2D eigenvalue weighted by Gasteiger charge is -2.38. The summed E-state index contributed by atoms with van der Waals surface area (Å²) in [5, 5.41) is 7.90. The molecule has 0 bridgehead atoms. The van der Waals surface area contributed by atoms with E-state index in [0.717, 1.165) is 36.9 Å². The summed E-state index contributed by atoms with van der Waals surface area (Å²) >= 11 is 0. The van der Waals surface area contributed by atoms with Gasteiger partial charge in [0.2, 0.25) is 0 Å². The van der Waals surface area contributed by atoms with Crippen molar-refractivity contribution in [2.45, 2.75) is 63.3 Å². The fraction of sp³-hybridized carbons (Fsp3) is 0.565. The standard InChI is InChI=1S/C23H30FN3O2/c1-22(2,3)27-20(14-19(26-27)16-4-5-16)21(28)25-15-23(10-12-29-13-11-23)17-6-8-18(24)9-7-17/h6-9,14,16H,4-5,10-13,15H2,1-3H3,(H,25,28). The molecule has 1 saturated heterocycles. The molecule has 2 heterocycles. The van der Waals surface area contributed by atoms with Crippen LogP contribution in [0, 0.1) is 5.82 Å². The Kier molecular flexibility index (Phi) is 5.23. The van der Waals surface area contributed by atoms with Gasteiger partial charge in [0.05, 0.1) is 11.2 Å². The van der Waals surface area contributed by atoms with Gasteiger partial charge in [-0.05, 0) is 70.2 Å². The van der Waals surface area contributed by atoms with Crippen molar-refractivity contribution in [3.05, 3.63) is 53.1 Å². The van der Waals surface area contributed by atoms with Crippen LogP contribution in [0.15, 0.2) is 30.3 Å². The van der Waals surface area contributed by atoms with Crippen molar-refractivity contribution in [2.75, 3.05) is 19.8 Å². The lowest BCUT2D eigenvalue weighted by molar-refractivity contribution is 0.0485. The third-order valence-electron chi connectivity index (χ3n) is 6.09. The highest BCUT2D eigenvalue weighted by Crippen LogP contribution is 2.40.